The molecule has 1 N–H and O–H groups in total. The fourth-order valence-corrected chi connectivity index (χ4v) is 3.98. The maximum absolute atomic E-state index is 12.7. The molecule has 3 aromatic rings. The summed E-state index contributed by atoms with van der Waals surface area (Å²) >= 11 is 0.814. The standard InChI is InChI=1S/C25H20N2O7S/c1-32-24(30)20-12-11-19(34-20)14-27-23(29)21(35-25(27)31)13-16-7-9-18(10-8-16)33-15-22(28)26-17-5-3-2-4-6-17/h2-13H,14-15H2,1H3,(H,26,28). The van der Waals surface area contributed by atoms with Crippen molar-refractivity contribution in [3.05, 3.63) is 88.7 Å². The van der Waals surface area contributed by atoms with E-state index in [1.807, 2.05) is 18.2 Å². The van der Waals surface area contributed by atoms with E-state index in [0.717, 1.165) is 16.7 Å². The summed E-state index contributed by atoms with van der Waals surface area (Å²) in [5.74, 6) is -0.637. The molecule has 0 spiro atoms. The van der Waals surface area contributed by atoms with E-state index in [4.69, 9.17) is 9.15 Å². The Balaban J connectivity index is 1.34. The summed E-state index contributed by atoms with van der Waals surface area (Å²) < 4.78 is 15.4. The van der Waals surface area contributed by atoms with Gasteiger partial charge in [-0.05, 0) is 59.8 Å². The summed E-state index contributed by atoms with van der Waals surface area (Å²) in [6, 6.07) is 18.8. The van der Waals surface area contributed by atoms with Crippen LogP contribution in [-0.4, -0.2) is 41.6 Å². The Kier molecular flexibility index (Phi) is 7.32. The van der Waals surface area contributed by atoms with Crippen molar-refractivity contribution in [2.24, 2.45) is 0 Å². The zero-order valence-electron chi connectivity index (χ0n) is 18.6. The summed E-state index contributed by atoms with van der Waals surface area (Å²) in [5, 5.41) is 2.29. The van der Waals surface area contributed by atoms with E-state index in [2.05, 4.69) is 10.1 Å². The number of ether oxygens (including phenoxy) is 2. The molecule has 35 heavy (non-hydrogen) atoms. The summed E-state index contributed by atoms with van der Waals surface area (Å²) in [4.78, 5) is 49.9. The molecule has 2 aromatic carbocycles. The second-order valence-corrected chi connectivity index (χ2v) is 8.29. The Labute approximate surface area is 204 Å². The molecule has 0 saturated carbocycles. The fourth-order valence-electron chi connectivity index (χ4n) is 3.14. The van der Waals surface area contributed by atoms with E-state index in [0.29, 0.717) is 17.0 Å². The number of nitrogens with one attached hydrogen (secondary N) is 1. The number of hydrogen-bond donors (Lipinski definition) is 1. The number of methoxy groups -OCH3 is 1. The number of nitrogens with zero attached hydrogens (tertiary/aromatic N) is 1. The van der Waals surface area contributed by atoms with Gasteiger partial charge in [0.15, 0.2) is 6.61 Å². The van der Waals surface area contributed by atoms with Gasteiger partial charge < -0.3 is 19.2 Å². The molecule has 1 aromatic heterocycles. The quantitative estimate of drug-likeness (QED) is 0.365. The first-order chi connectivity index (χ1) is 16.9. The fraction of sp³-hybridized carbons (Fsp3) is 0.120. The van der Waals surface area contributed by atoms with Crippen LogP contribution in [-0.2, 0) is 20.9 Å². The lowest BCUT2D eigenvalue weighted by Gasteiger charge is -2.10. The van der Waals surface area contributed by atoms with Crippen molar-refractivity contribution in [2.45, 2.75) is 6.54 Å². The molecule has 0 unspecified atom stereocenters. The van der Waals surface area contributed by atoms with Crippen LogP contribution in [0.25, 0.3) is 6.08 Å². The summed E-state index contributed by atoms with van der Waals surface area (Å²) in [5.41, 5.74) is 1.36. The van der Waals surface area contributed by atoms with Crippen molar-refractivity contribution in [3.63, 3.8) is 0 Å². The smallest absolute Gasteiger partial charge is 0.373 e. The molecule has 4 rings (SSSR count). The average Bonchev–Trinajstić information content (AvgIpc) is 3.44. The lowest BCUT2D eigenvalue weighted by atomic mass is 10.2. The summed E-state index contributed by atoms with van der Waals surface area (Å²) in [6.07, 6.45) is 1.60. The van der Waals surface area contributed by atoms with Crippen LogP contribution >= 0.6 is 11.8 Å². The molecule has 1 fully saturated rings. The third-order valence-electron chi connectivity index (χ3n) is 4.84. The molecule has 1 aliphatic heterocycles. The number of furan rings is 1. The van der Waals surface area contributed by atoms with E-state index in [1.54, 1.807) is 42.5 Å². The molecule has 1 aliphatic rings. The third-order valence-corrected chi connectivity index (χ3v) is 5.75. The lowest BCUT2D eigenvalue weighted by molar-refractivity contribution is -0.123. The van der Waals surface area contributed by atoms with Gasteiger partial charge in [-0.1, -0.05) is 30.3 Å². The van der Waals surface area contributed by atoms with E-state index >= 15 is 0 Å². The van der Waals surface area contributed by atoms with Gasteiger partial charge in [-0.2, -0.15) is 0 Å². The number of imide groups is 1. The van der Waals surface area contributed by atoms with Crippen molar-refractivity contribution in [1.82, 2.24) is 4.90 Å². The molecule has 178 valence electrons. The first-order valence-corrected chi connectivity index (χ1v) is 11.2. The van der Waals surface area contributed by atoms with Crippen molar-refractivity contribution < 1.29 is 33.1 Å². The monoisotopic (exact) mass is 492 g/mol. The van der Waals surface area contributed by atoms with Crippen LogP contribution < -0.4 is 10.1 Å². The van der Waals surface area contributed by atoms with Crippen LogP contribution in [0.3, 0.4) is 0 Å². The number of amides is 3. The Hall–Kier alpha value is -4.31. The molecule has 0 atom stereocenters. The normalized spacial score (nSPS) is 14.3. The molecule has 1 saturated heterocycles. The van der Waals surface area contributed by atoms with Gasteiger partial charge in [-0.25, -0.2) is 4.79 Å². The van der Waals surface area contributed by atoms with Gasteiger partial charge in [0.25, 0.3) is 17.1 Å². The van der Waals surface area contributed by atoms with Gasteiger partial charge in [-0.15, -0.1) is 0 Å². The van der Waals surface area contributed by atoms with Crippen LogP contribution in [0.2, 0.25) is 0 Å². The van der Waals surface area contributed by atoms with E-state index in [-0.39, 0.29) is 35.5 Å². The zero-order valence-corrected chi connectivity index (χ0v) is 19.4. The Morgan fingerprint density at radius 2 is 1.77 bits per heavy atom. The molecular formula is C25H20N2O7S. The highest BCUT2D eigenvalue weighted by Crippen LogP contribution is 2.33. The predicted octanol–water partition coefficient (Wildman–Crippen LogP) is 4.32. The van der Waals surface area contributed by atoms with E-state index in [1.165, 1.54) is 19.2 Å². The van der Waals surface area contributed by atoms with Crippen LogP contribution in [0.4, 0.5) is 10.5 Å². The minimum atomic E-state index is -0.644. The van der Waals surface area contributed by atoms with Gasteiger partial charge in [0.1, 0.15) is 11.5 Å². The van der Waals surface area contributed by atoms with Crippen LogP contribution in [0.1, 0.15) is 21.9 Å². The van der Waals surface area contributed by atoms with Crippen molar-refractivity contribution in [2.75, 3.05) is 19.0 Å². The summed E-state index contributed by atoms with van der Waals surface area (Å²) in [6.45, 7) is -0.256. The Morgan fingerprint density at radius 3 is 2.49 bits per heavy atom. The van der Waals surface area contributed by atoms with Crippen LogP contribution in [0, 0.1) is 0 Å². The number of benzene rings is 2. The predicted molar refractivity (Wildman–Crippen MR) is 129 cm³/mol. The SMILES string of the molecule is COC(=O)c1ccc(CN2C(=O)SC(=Cc3ccc(OCC(=O)Nc4ccccc4)cc3)C2=O)o1. The number of thioether (sulfide) groups is 1. The van der Waals surface area contributed by atoms with Crippen LogP contribution in [0.15, 0.2) is 76.1 Å². The molecular weight excluding hydrogens is 472 g/mol. The number of anilines is 1. The van der Waals surface area contributed by atoms with Gasteiger partial charge in [0, 0.05) is 5.69 Å². The van der Waals surface area contributed by atoms with E-state index < -0.39 is 17.1 Å². The molecule has 2 heterocycles. The Bertz CT molecular complexity index is 1280. The highest BCUT2D eigenvalue weighted by atomic mass is 32.2. The molecule has 0 bridgehead atoms. The molecule has 10 heteroatoms. The number of hydrogen-bond acceptors (Lipinski definition) is 8. The van der Waals surface area contributed by atoms with Gasteiger partial charge in [0.05, 0.1) is 18.6 Å². The Morgan fingerprint density at radius 1 is 1.03 bits per heavy atom. The molecule has 9 nitrogen and oxygen atoms in total. The zero-order chi connectivity index (χ0) is 24.8. The van der Waals surface area contributed by atoms with Crippen molar-refractivity contribution >= 4 is 46.5 Å². The molecule has 3 amide bonds. The largest absolute Gasteiger partial charge is 0.484 e. The second kappa shape index (κ2) is 10.7. The van der Waals surface area contributed by atoms with E-state index in [9.17, 15) is 19.2 Å². The maximum atomic E-state index is 12.7. The van der Waals surface area contributed by atoms with Gasteiger partial charge >= 0.3 is 5.97 Å². The third kappa shape index (κ3) is 5.98. The minimum absolute atomic E-state index is 0.00938. The number of carbonyl (C=O) groups is 4. The minimum Gasteiger partial charge on any atom is -0.484 e. The first-order valence-electron chi connectivity index (χ1n) is 10.4. The molecule has 0 radical (unpaired) electrons. The topological polar surface area (TPSA) is 115 Å². The number of carbonyl (C=O) groups excluding carboxylic acids is 4. The number of rotatable bonds is 8. The summed E-state index contributed by atoms with van der Waals surface area (Å²) in [7, 11) is 1.23. The highest BCUT2D eigenvalue weighted by Gasteiger charge is 2.35. The highest BCUT2D eigenvalue weighted by molar-refractivity contribution is 8.18. The molecule has 0 aliphatic carbocycles. The lowest BCUT2D eigenvalue weighted by Crippen LogP contribution is -2.27. The maximum Gasteiger partial charge on any atom is 0.373 e. The average molecular weight is 493 g/mol. The van der Waals surface area contributed by atoms with Gasteiger partial charge in [-0.3, -0.25) is 19.3 Å². The van der Waals surface area contributed by atoms with Crippen molar-refractivity contribution in [1.29, 1.82) is 0 Å². The number of esters is 1. The number of para-hydroxylation sites is 1. The van der Waals surface area contributed by atoms with Crippen LogP contribution in [0.5, 0.6) is 5.75 Å². The second-order valence-electron chi connectivity index (χ2n) is 7.30. The van der Waals surface area contributed by atoms with Crippen molar-refractivity contribution in [3.8, 4) is 5.75 Å². The first kappa shape index (κ1) is 23.8. The van der Waals surface area contributed by atoms with Gasteiger partial charge in [0.2, 0.25) is 5.76 Å².